The summed E-state index contributed by atoms with van der Waals surface area (Å²) in [6.07, 6.45) is 1.81. The zero-order valence-corrected chi connectivity index (χ0v) is 7.57. The molecule has 0 spiro atoms. The second kappa shape index (κ2) is 4.57. The van der Waals surface area contributed by atoms with E-state index in [9.17, 15) is 4.79 Å². The van der Waals surface area contributed by atoms with Gasteiger partial charge in [0.25, 0.3) is 0 Å². The van der Waals surface area contributed by atoms with E-state index in [0.29, 0.717) is 5.91 Å². The molecule has 12 heavy (non-hydrogen) atoms. The molecule has 0 aromatic carbocycles. The number of likely N-dealkylation sites (tertiary alicyclic amines) is 1. The Morgan fingerprint density at radius 1 is 1.42 bits per heavy atom. The van der Waals surface area contributed by atoms with Crippen molar-refractivity contribution in [2.75, 3.05) is 13.6 Å². The minimum Gasteiger partial charge on any atom is -0.346 e. The number of hydrogen-bond acceptors (Lipinski definition) is 2. The number of carbonyl (C=O) groups is 1. The van der Waals surface area contributed by atoms with Gasteiger partial charge in [0.2, 0.25) is 5.91 Å². The summed E-state index contributed by atoms with van der Waals surface area (Å²) in [4.78, 5) is 33.8. The maximum Gasteiger partial charge on any atom is 0.466 e. The van der Waals surface area contributed by atoms with Crippen LogP contribution in [-0.4, -0.2) is 39.1 Å². The van der Waals surface area contributed by atoms with Crippen molar-refractivity contribution in [1.29, 1.82) is 0 Å². The second-order valence-electron chi connectivity index (χ2n) is 2.43. The van der Waals surface area contributed by atoms with Gasteiger partial charge in [-0.25, -0.2) is 4.57 Å². The van der Waals surface area contributed by atoms with Gasteiger partial charge in [-0.3, -0.25) is 4.79 Å². The Morgan fingerprint density at radius 3 is 1.92 bits per heavy atom. The van der Waals surface area contributed by atoms with Crippen LogP contribution in [0.3, 0.4) is 0 Å². The summed E-state index contributed by atoms with van der Waals surface area (Å²) in [5, 5.41) is 0. The fourth-order valence-corrected chi connectivity index (χ4v) is 0.783. The summed E-state index contributed by atoms with van der Waals surface area (Å²) < 4.78 is 8.88. The summed E-state index contributed by atoms with van der Waals surface area (Å²) >= 11 is 0. The van der Waals surface area contributed by atoms with E-state index in [1.165, 1.54) is 0 Å². The van der Waals surface area contributed by atoms with Crippen LogP contribution < -0.4 is 0 Å². The van der Waals surface area contributed by atoms with Crippen LogP contribution in [0, 0.1) is 0 Å². The van der Waals surface area contributed by atoms with Crippen LogP contribution in [0.15, 0.2) is 0 Å². The molecule has 72 valence electrons. The Kier molecular flexibility index (Phi) is 4.41. The van der Waals surface area contributed by atoms with Gasteiger partial charge in [-0.1, -0.05) is 0 Å². The number of hydrogen-bond donors (Lipinski definition) is 3. The number of nitrogens with zero attached hydrogens (tertiary/aromatic N) is 1. The van der Waals surface area contributed by atoms with Gasteiger partial charge >= 0.3 is 7.82 Å². The fourth-order valence-electron chi connectivity index (χ4n) is 0.783. The average molecular weight is 197 g/mol. The quantitative estimate of drug-likeness (QED) is 0.446. The maximum absolute atomic E-state index is 10.5. The highest BCUT2D eigenvalue weighted by atomic mass is 31.2. The van der Waals surface area contributed by atoms with E-state index in [1.54, 1.807) is 4.90 Å². The topological polar surface area (TPSA) is 98.1 Å². The maximum atomic E-state index is 10.5. The number of rotatable bonds is 0. The van der Waals surface area contributed by atoms with Crippen LogP contribution in [-0.2, 0) is 9.36 Å². The lowest BCUT2D eigenvalue weighted by Gasteiger charge is -2.03. The molecule has 1 rings (SSSR count). The number of phosphoric acid groups is 1. The van der Waals surface area contributed by atoms with E-state index in [1.807, 2.05) is 7.05 Å². The van der Waals surface area contributed by atoms with Gasteiger partial charge in [0, 0.05) is 20.0 Å². The molecule has 1 fully saturated rings. The summed E-state index contributed by atoms with van der Waals surface area (Å²) in [6.45, 7) is 0.957. The molecule has 1 aliphatic heterocycles. The van der Waals surface area contributed by atoms with E-state index in [4.69, 9.17) is 19.2 Å². The van der Waals surface area contributed by atoms with Crippen LogP contribution in [0.2, 0.25) is 0 Å². The van der Waals surface area contributed by atoms with Crippen LogP contribution in [0.1, 0.15) is 12.8 Å². The molecule has 7 heteroatoms. The van der Waals surface area contributed by atoms with Crippen LogP contribution in [0.5, 0.6) is 0 Å². The molecule has 0 saturated carbocycles. The smallest absolute Gasteiger partial charge is 0.346 e. The van der Waals surface area contributed by atoms with Gasteiger partial charge in [0.15, 0.2) is 0 Å². The predicted molar refractivity (Wildman–Crippen MR) is 41.1 cm³/mol. The summed E-state index contributed by atoms with van der Waals surface area (Å²) in [5.41, 5.74) is 0. The third kappa shape index (κ3) is 7.68. The first-order valence-corrected chi connectivity index (χ1v) is 4.89. The minimum absolute atomic E-state index is 0.292. The standard InChI is InChI=1S/C5H9NO.H3O4P/c1-6-4-2-3-5(6)7;1-5(2,3)4/h2-4H2,1H3;(H3,1,2,3,4). The van der Waals surface area contributed by atoms with Crippen molar-refractivity contribution in [3.63, 3.8) is 0 Å². The van der Waals surface area contributed by atoms with E-state index in [0.717, 1.165) is 19.4 Å². The van der Waals surface area contributed by atoms with Crippen LogP contribution >= 0.6 is 7.82 Å². The molecule has 0 aromatic heterocycles. The van der Waals surface area contributed by atoms with E-state index >= 15 is 0 Å². The zero-order valence-electron chi connectivity index (χ0n) is 6.67. The van der Waals surface area contributed by atoms with Gasteiger partial charge in [-0.05, 0) is 6.42 Å². The highest BCUT2D eigenvalue weighted by Crippen LogP contribution is 2.25. The van der Waals surface area contributed by atoms with E-state index in [-0.39, 0.29) is 0 Å². The van der Waals surface area contributed by atoms with Crippen LogP contribution in [0.4, 0.5) is 0 Å². The molecule has 0 radical (unpaired) electrons. The van der Waals surface area contributed by atoms with Crippen molar-refractivity contribution in [1.82, 2.24) is 4.90 Å². The summed E-state index contributed by atoms with van der Waals surface area (Å²) in [6, 6.07) is 0. The molecule has 1 amide bonds. The Labute approximate surface area is 70.1 Å². The molecule has 0 aliphatic carbocycles. The lowest BCUT2D eigenvalue weighted by molar-refractivity contribution is -0.126. The molecular weight excluding hydrogens is 185 g/mol. The first kappa shape index (κ1) is 11.6. The average Bonchev–Trinajstić information content (AvgIpc) is 2.12. The van der Waals surface area contributed by atoms with Gasteiger partial charge in [-0.15, -0.1) is 0 Å². The largest absolute Gasteiger partial charge is 0.466 e. The first-order valence-electron chi connectivity index (χ1n) is 3.33. The molecule has 0 aromatic rings. The molecule has 1 aliphatic rings. The van der Waals surface area contributed by atoms with E-state index in [2.05, 4.69) is 0 Å². The van der Waals surface area contributed by atoms with Gasteiger partial charge in [0.05, 0.1) is 0 Å². The normalized spacial score (nSPS) is 17.3. The van der Waals surface area contributed by atoms with Crippen LogP contribution in [0.25, 0.3) is 0 Å². The van der Waals surface area contributed by atoms with Gasteiger partial charge in [0.1, 0.15) is 0 Å². The van der Waals surface area contributed by atoms with Crippen molar-refractivity contribution in [2.24, 2.45) is 0 Å². The fraction of sp³-hybridized carbons (Fsp3) is 0.800. The molecule has 0 atom stereocenters. The van der Waals surface area contributed by atoms with Crippen molar-refractivity contribution in [2.45, 2.75) is 12.8 Å². The van der Waals surface area contributed by atoms with Crippen molar-refractivity contribution in [3.05, 3.63) is 0 Å². The Bertz CT molecular complexity index is 192. The predicted octanol–water partition coefficient (Wildman–Crippen LogP) is -0.690. The number of amides is 1. The lowest BCUT2D eigenvalue weighted by atomic mass is 10.4. The molecule has 0 unspecified atom stereocenters. The Balaban J connectivity index is 0.000000217. The van der Waals surface area contributed by atoms with Crippen molar-refractivity contribution < 1.29 is 24.0 Å². The highest BCUT2D eigenvalue weighted by Gasteiger charge is 2.14. The SMILES string of the molecule is CN1CCCC1=O.O=P(O)(O)O. The first-order chi connectivity index (χ1) is 5.30. The lowest BCUT2D eigenvalue weighted by Crippen LogP contribution is -2.17. The van der Waals surface area contributed by atoms with Gasteiger partial charge < -0.3 is 19.6 Å². The molecule has 3 N–H and O–H groups in total. The highest BCUT2D eigenvalue weighted by molar-refractivity contribution is 7.45. The van der Waals surface area contributed by atoms with E-state index < -0.39 is 7.82 Å². The monoisotopic (exact) mass is 197 g/mol. The molecule has 1 heterocycles. The Hall–Kier alpha value is -0.420. The third-order valence-electron chi connectivity index (χ3n) is 1.31. The zero-order chi connectivity index (χ0) is 9.78. The summed E-state index contributed by atoms with van der Waals surface area (Å²) in [7, 11) is -2.80. The molecule has 0 bridgehead atoms. The molecular formula is C5H12NO5P. The third-order valence-corrected chi connectivity index (χ3v) is 1.31. The van der Waals surface area contributed by atoms with Gasteiger partial charge in [-0.2, -0.15) is 0 Å². The van der Waals surface area contributed by atoms with Crippen molar-refractivity contribution in [3.8, 4) is 0 Å². The van der Waals surface area contributed by atoms with Crippen molar-refractivity contribution >= 4 is 13.7 Å². The Morgan fingerprint density at radius 2 is 1.83 bits per heavy atom. The summed E-state index contributed by atoms with van der Waals surface area (Å²) in [5.74, 6) is 0.292. The molecule has 1 saturated heterocycles. The molecule has 6 nitrogen and oxygen atoms in total. The minimum atomic E-state index is -4.64. The second-order valence-corrected chi connectivity index (χ2v) is 3.46. The number of carbonyl (C=O) groups excluding carboxylic acids is 1.